The number of thiophene rings is 1. The van der Waals surface area contributed by atoms with Crippen LogP contribution < -0.4 is 16.8 Å². The molecule has 9 heteroatoms. The van der Waals surface area contributed by atoms with Crippen LogP contribution in [0.5, 0.6) is 0 Å². The zero-order valence-corrected chi connectivity index (χ0v) is 20.2. The van der Waals surface area contributed by atoms with Crippen LogP contribution in [0.2, 0.25) is 0 Å². The summed E-state index contributed by atoms with van der Waals surface area (Å²) in [5.41, 5.74) is 12.4. The molecule has 3 rings (SSSR count). The van der Waals surface area contributed by atoms with Crippen LogP contribution in [0.4, 0.5) is 11.6 Å². The molecule has 1 amide bonds. The van der Waals surface area contributed by atoms with Crippen molar-refractivity contribution in [1.82, 2.24) is 9.97 Å². The maximum absolute atomic E-state index is 11.7. The molecule has 0 saturated heterocycles. The van der Waals surface area contributed by atoms with Gasteiger partial charge in [-0.25, -0.2) is 9.97 Å². The summed E-state index contributed by atoms with van der Waals surface area (Å²) in [5, 5.41) is 3.78. The van der Waals surface area contributed by atoms with Gasteiger partial charge in [-0.3, -0.25) is 4.79 Å². The number of nitrogens with zero attached hydrogens (tertiary/aromatic N) is 2. The van der Waals surface area contributed by atoms with Crippen molar-refractivity contribution in [2.75, 3.05) is 30.8 Å². The van der Waals surface area contributed by atoms with Crippen molar-refractivity contribution < 1.29 is 13.9 Å². The van der Waals surface area contributed by atoms with Crippen molar-refractivity contribution in [1.29, 1.82) is 0 Å². The Morgan fingerprint density at radius 2 is 1.88 bits per heavy atom. The molecule has 3 heterocycles. The molecule has 3 aromatic heterocycles. The number of primary amides is 1. The topological polar surface area (TPSA) is 129 Å². The van der Waals surface area contributed by atoms with Crippen LogP contribution in [-0.2, 0) is 4.74 Å². The molecule has 0 aliphatic heterocycles. The molecule has 0 spiro atoms. The minimum absolute atomic E-state index is 0. The lowest BCUT2D eigenvalue weighted by molar-refractivity contribution is 0.100. The highest BCUT2D eigenvalue weighted by Gasteiger charge is 2.22. The lowest BCUT2D eigenvalue weighted by Crippen LogP contribution is -2.10. The van der Waals surface area contributed by atoms with E-state index in [-0.39, 0.29) is 18.0 Å². The minimum atomic E-state index is -0.584. The number of aromatic nitrogens is 2. The van der Waals surface area contributed by atoms with Crippen LogP contribution in [0.15, 0.2) is 16.5 Å². The number of carbonyl (C=O) groups is 1. The molecule has 5 N–H and O–H groups in total. The SMILES string of the molecule is C.CC.CC.CCCOCCCNc1nc(-c2ccc(C)o2)c2c(N)c(C(N)=O)sc2n1. The monoisotopic (exact) mass is 465 g/mol. The van der Waals surface area contributed by atoms with Gasteiger partial charge < -0.3 is 25.9 Å². The van der Waals surface area contributed by atoms with Gasteiger partial charge in [0.1, 0.15) is 21.2 Å². The average molecular weight is 466 g/mol. The number of aryl methyl sites for hydroxylation is 1. The zero-order chi connectivity index (χ0) is 23.4. The predicted octanol–water partition coefficient (Wildman–Crippen LogP) is 5.86. The van der Waals surface area contributed by atoms with E-state index in [1.54, 1.807) is 0 Å². The summed E-state index contributed by atoms with van der Waals surface area (Å²) in [7, 11) is 0. The standard InChI is InChI=1S/C18H23N5O3S.2C2H6.CH4/c1-3-8-25-9-4-7-21-18-22-14(11-6-5-10(2)26-11)12-13(19)15(16(20)24)27-17(12)23-18;2*1-2;/h5-6H,3-4,7-9,19H2,1-2H3,(H2,20,24)(H,21,22,23);2*1-2H3;1H4. The van der Waals surface area contributed by atoms with E-state index in [4.69, 9.17) is 20.6 Å². The number of rotatable bonds is 9. The van der Waals surface area contributed by atoms with Gasteiger partial charge in [0.05, 0.1) is 11.1 Å². The van der Waals surface area contributed by atoms with Gasteiger partial charge in [-0.1, -0.05) is 42.0 Å². The highest BCUT2D eigenvalue weighted by Crippen LogP contribution is 2.39. The molecule has 32 heavy (non-hydrogen) atoms. The molecule has 0 fully saturated rings. The first kappa shape index (κ1) is 29.4. The van der Waals surface area contributed by atoms with Gasteiger partial charge in [-0.15, -0.1) is 11.3 Å². The van der Waals surface area contributed by atoms with Crippen molar-refractivity contribution in [3.8, 4) is 11.5 Å². The van der Waals surface area contributed by atoms with E-state index in [1.807, 2.05) is 46.8 Å². The molecule has 8 nitrogen and oxygen atoms in total. The normalized spacial score (nSPS) is 9.81. The highest BCUT2D eigenvalue weighted by atomic mass is 32.1. The smallest absolute Gasteiger partial charge is 0.260 e. The van der Waals surface area contributed by atoms with Crippen LogP contribution in [0.3, 0.4) is 0 Å². The molecule has 0 bridgehead atoms. The summed E-state index contributed by atoms with van der Waals surface area (Å²) in [6.45, 7) is 14.0. The summed E-state index contributed by atoms with van der Waals surface area (Å²) in [5.74, 6) is 1.18. The molecule has 3 aromatic rings. The number of hydrogen-bond donors (Lipinski definition) is 3. The summed E-state index contributed by atoms with van der Waals surface area (Å²) >= 11 is 1.16. The number of anilines is 2. The lowest BCUT2D eigenvalue weighted by Gasteiger charge is -2.08. The van der Waals surface area contributed by atoms with Gasteiger partial charge in [-0.2, -0.15) is 0 Å². The van der Waals surface area contributed by atoms with Crippen molar-refractivity contribution in [3.63, 3.8) is 0 Å². The third kappa shape index (κ3) is 7.49. The number of furan rings is 1. The number of ether oxygens (including phenoxy) is 1. The number of amides is 1. The first-order chi connectivity index (χ1) is 15.0. The van der Waals surface area contributed by atoms with Crippen molar-refractivity contribution in [2.24, 2.45) is 5.73 Å². The van der Waals surface area contributed by atoms with E-state index in [9.17, 15) is 4.79 Å². The lowest BCUT2D eigenvalue weighted by atomic mass is 10.2. The largest absolute Gasteiger partial charge is 0.460 e. The molecule has 0 aliphatic carbocycles. The number of carbonyl (C=O) groups excluding carboxylic acids is 1. The van der Waals surface area contributed by atoms with Crippen LogP contribution in [-0.4, -0.2) is 35.6 Å². The Labute approximate surface area is 195 Å². The Bertz CT molecular complexity index is 953. The summed E-state index contributed by atoms with van der Waals surface area (Å²) < 4.78 is 11.2. The Kier molecular flexibility index (Phi) is 13.9. The second-order valence-electron chi connectivity index (χ2n) is 6.09. The number of fused-ring (bicyclic) bond motifs is 1. The first-order valence-electron chi connectivity index (χ1n) is 10.8. The molecule has 0 atom stereocenters. The molecule has 0 aliphatic rings. The van der Waals surface area contributed by atoms with Crippen LogP contribution >= 0.6 is 11.3 Å². The van der Waals surface area contributed by atoms with Gasteiger partial charge in [0.2, 0.25) is 5.95 Å². The van der Waals surface area contributed by atoms with E-state index < -0.39 is 5.91 Å². The average Bonchev–Trinajstić information content (AvgIpc) is 3.36. The van der Waals surface area contributed by atoms with E-state index in [0.29, 0.717) is 40.8 Å². The number of nitrogens with one attached hydrogen (secondary N) is 1. The maximum Gasteiger partial charge on any atom is 0.260 e. The Morgan fingerprint density at radius 3 is 2.44 bits per heavy atom. The predicted molar refractivity (Wildman–Crippen MR) is 136 cm³/mol. The van der Waals surface area contributed by atoms with Crippen molar-refractivity contribution >= 4 is 39.1 Å². The van der Waals surface area contributed by atoms with Gasteiger partial charge in [0.25, 0.3) is 5.91 Å². The fraction of sp³-hybridized carbons (Fsp3) is 0.522. The van der Waals surface area contributed by atoms with Crippen molar-refractivity contribution in [3.05, 3.63) is 22.8 Å². The fourth-order valence-electron chi connectivity index (χ4n) is 2.64. The molecule has 180 valence electrons. The van der Waals surface area contributed by atoms with Crippen LogP contribution in [0, 0.1) is 6.92 Å². The molecule has 0 aromatic carbocycles. The van der Waals surface area contributed by atoms with E-state index in [1.165, 1.54) is 0 Å². The van der Waals surface area contributed by atoms with Crippen molar-refractivity contribution in [2.45, 2.75) is 61.8 Å². The van der Waals surface area contributed by atoms with Gasteiger partial charge in [0.15, 0.2) is 5.76 Å². The first-order valence-corrected chi connectivity index (χ1v) is 11.6. The molecular formula is C23H39N5O3S. The van der Waals surface area contributed by atoms with E-state index in [2.05, 4.69) is 22.2 Å². The molecule has 0 unspecified atom stereocenters. The second-order valence-corrected chi connectivity index (χ2v) is 7.09. The Hall–Kier alpha value is -2.65. The molecular weight excluding hydrogens is 426 g/mol. The van der Waals surface area contributed by atoms with Crippen LogP contribution in [0.1, 0.15) is 70.3 Å². The van der Waals surface area contributed by atoms with E-state index >= 15 is 0 Å². The summed E-state index contributed by atoms with van der Waals surface area (Å²) in [6.07, 6.45) is 1.83. The zero-order valence-electron chi connectivity index (χ0n) is 19.4. The Balaban J connectivity index is 0.00000182. The fourth-order valence-corrected chi connectivity index (χ4v) is 3.59. The minimum Gasteiger partial charge on any atom is -0.460 e. The quantitative estimate of drug-likeness (QED) is 0.337. The highest BCUT2D eigenvalue weighted by molar-refractivity contribution is 7.21. The summed E-state index contributed by atoms with van der Waals surface area (Å²) in [4.78, 5) is 21.6. The van der Waals surface area contributed by atoms with Gasteiger partial charge in [-0.05, 0) is 31.9 Å². The van der Waals surface area contributed by atoms with Gasteiger partial charge in [0, 0.05) is 19.8 Å². The second kappa shape index (κ2) is 15.2. The number of nitrogen functional groups attached to an aromatic ring is 1. The van der Waals surface area contributed by atoms with Gasteiger partial charge >= 0.3 is 0 Å². The van der Waals surface area contributed by atoms with Crippen LogP contribution in [0.25, 0.3) is 21.7 Å². The molecule has 0 radical (unpaired) electrons. The summed E-state index contributed by atoms with van der Waals surface area (Å²) in [6, 6.07) is 3.67. The Morgan fingerprint density at radius 1 is 1.19 bits per heavy atom. The maximum atomic E-state index is 11.7. The number of hydrogen-bond acceptors (Lipinski definition) is 8. The third-order valence-corrected chi connectivity index (χ3v) is 5.00. The number of nitrogens with two attached hydrogens (primary N) is 2. The third-order valence-electron chi connectivity index (χ3n) is 3.88. The molecule has 0 saturated carbocycles. The van der Waals surface area contributed by atoms with E-state index in [0.717, 1.165) is 36.5 Å².